The first-order chi connectivity index (χ1) is 20.7. The first-order valence-corrected chi connectivity index (χ1v) is 16.5. The molecule has 0 spiro atoms. The van der Waals surface area contributed by atoms with Gasteiger partial charge in [0.2, 0.25) is 11.8 Å². The predicted molar refractivity (Wildman–Crippen MR) is 174 cm³/mol. The molecular weight excluding hydrogens is 650 g/mol. The van der Waals surface area contributed by atoms with Crippen molar-refractivity contribution in [2.75, 3.05) is 17.4 Å². The van der Waals surface area contributed by atoms with Gasteiger partial charge < -0.3 is 10.2 Å². The summed E-state index contributed by atoms with van der Waals surface area (Å²) in [7, 11) is -4.18. The van der Waals surface area contributed by atoms with Gasteiger partial charge in [0.25, 0.3) is 10.0 Å². The van der Waals surface area contributed by atoms with Crippen LogP contribution in [0.1, 0.15) is 24.5 Å². The minimum absolute atomic E-state index is 0.00506. The van der Waals surface area contributed by atoms with Gasteiger partial charge in [0, 0.05) is 29.0 Å². The zero-order chi connectivity index (χ0) is 30.8. The number of halogens is 2. The minimum Gasteiger partial charge on any atom is -0.354 e. The Kier molecular flexibility index (Phi) is 11.4. The maximum Gasteiger partial charge on any atom is 0.264 e. The molecule has 4 aromatic carbocycles. The van der Waals surface area contributed by atoms with Gasteiger partial charge in [0.1, 0.15) is 12.6 Å². The zero-order valence-electron chi connectivity index (χ0n) is 23.7. The highest BCUT2D eigenvalue weighted by atomic mass is 79.9. The van der Waals surface area contributed by atoms with E-state index in [1.165, 1.54) is 29.2 Å². The Balaban J connectivity index is 1.77. The smallest absolute Gasteiger partial charge is 0.264 e. The SMILES string of the molecule is CCCNC(=O)[C@H](Cc1ccccc1)N(Cc1ccc(Br)cc1)C(=O)CN(c1ccccc1)S(=O)(=O)c1ccc(Cl)cc1. The molecule has 0 aliphatic heterocycles. The highest BCUT2D eigenvalue weighted by molar-refractivity contribution is 9.10. The van der Waals surface area contributed by atoms with Crippen LogP contribution in [-0.4, -0.2) is 44.3 Å². The van der Waals surface area contributed by atoms with Gasteiger partial charge in [-0.1, -0.05) is 95.1 Å². The first kappa shape index (κ1) is 32.3. The third-order valence-corrected chi connectivity index (χ3v) is 9.38. The van der Waals surface area contributed by atoms with Crippen LogP contribution >= 0.6 is 27.5 Å². The maximum atomic E-state index is 14.3. The number of anilines is 1. The molecule has 1 atom stereocenters. The third kappa shape index (κ3) is 8.69. The molecule has 43 heavy (non-hydrogen) atoms. The fraction of sp³-hybridized carbons (Fsp3) is 0.212. The summed E-state index contributed by atoms with van der Waals surface area (Å²) in [5.41, 5.74) is 2.00. The summed E-state index contributed by atoms with van der Waals surface area (Å²) in [6.45, 7) is 1.99. The van der Waals surface area contributed by atoms with Crippen LogP contribution < -0.4 is 9.62 Å². The highest BCUT2D eigenvalue weighted by Gasteiger charge is 2.34. The van der Waals surface area contributed by atoms with Gasteiger partial charge in [-0.25, -0.2) is 8.42 Å². The molecule has 1 N–H and O–H groups in total. The number of amides is 2. The number of rotatable bonds is 13. The number of nitrogens with one attached hydrogen (secondary N) is 1. The number of carbonyl (C=O) groups is 2. The van der Waals surface area contributed by atoms with Crippen molar-refractivity contribution in [1.82, 2.24) is 10.2 Å². The van der Waals surface area contributed by atoms with Crippen LogP contribution in [-0.2, 0) is 32.6 Å². The fourth-order valence-corrected chi connectivity index (χ4v) is 6.37. The molecule has 0 saturated carbocycles. The second-order valence-electron chi connectivity index (χ2n) is 9.95. The van der Waals surface area contributed by atoms with Crippen molar-refractivity contribution in [3.63, 3.8) is 0 Å². The maximum absolute atomic E-state index is 14.3. The number of para-hydroxylation sites is 1. The number of hydrogen-bond donors (Lipinski definition) is 1. The van der Waals surface area contributed by atoms with Gasteiger partial charge in [0.05, 0.1) is 10.6 Å². The second kappa shape index (κ2) is 15.2. The lowest BCUT2D eigenvalue weighted by molar-refractivity contribution is -0.140. The Morgan fingerprint density at radius 3 is 2.05 bits per heavy atom. The molecular formula is C33H33BrClN3O4S. The van der Waals surface area contributed by atoms with Crippen molar-refractivity contribution < 1.29 is 18.0 Å². The van der Waals surface area contributed by atoms with Gasteiger partial charge >= 0.3 is 0 Å². The lowest BCUT2D eigenvalue weighted by atomic mass is 10.0. The molecule has 2 amide bonds. The van der Waals surface area contributed by atoms with Crippen LogP contribution in [0, 0.1) is 0 Å². The van der Waals surface area contributed by atoms with Crippen LogP contribution in [0.3, 0.4) is 0 Å². The van der Waals surface area contributed by atoms with E-state index in [9.17, 15) is 18.0 Å². The van der Waals surface area contributed by atoms with Gasteiger partial charge in [0.15, 0.2) is 0 Å². The quantitative estimate of drug-likeness (QED) is 0.175. The molecule has 0 aliphatic rings. The molecule has 0 unspecified atom stereocenters. The van der Waals surface area contributed by atoms with Crippen molar-refractivity contribution in [1.29, 1.82) is 0 Å². The van der Waals surface area contributed by atoms with Gasteiger partial charge in [-0.2, -0.15) is 0 Å². The Morgan fingerprint density at radius 2 is 1.44 bits per heavy atom. The highest BCUT2D eigenvalue weighted by Crippen LogP contribution is 2.26. The van der Waals surface area contributed by atoms with E-state index >= 15 is 0 Å². The van der Waals surface area contributed by atoms with Crippen LogP contribution in [0.15, 0.2) is 119 Å². The van der Waals surface area contributed by atoms with E-state index in [1.807, 2.05) is 61.5 Å². The Bertz CT molecular complexity index is 1600. The average molecular weight is 683 g/mol. The van der Waals surface area contributed by atoms with E-state index in [-0.39, 0.29) is 23.8 Å². The largest absolute Gasteiger partial charge is 0.354 e. The summed E-state index contributed by atoms with van der Waals surface area (Å²) in [4.78, 5) is 29.5. The standard InChI is InChI=1S/C33H33BrClN3O4S/c1-2-21-36-33(40)31(22-25-9-5-3-6-10-25)37(23-26-13-15-27(34)16-14-26)32(39)24-38(29-11-7-4-8-12-29)43(41,42)30-19-17-28(35)18-20-30/h3-20,31H,2,21-24H2,1H3,(H,36,40)/t31-/m0/s1. The fourth-order valence-electron chi connectivity index (χ4n) is 4.56. The van der Waals surface area contributed by atoms with Crippen LogP contribution in [0.5, 0.6) is 0 Å². The molecule has 0 fully saturated rings. The molecule has 7 nitrogen and oxygen atoms in total. The molecule has 4 aromatic rings. The van der Waals surface area contributed by atoms with Crippen molar-refractivity contribution in [3.8, 4) is 0 Å². The summed E-state index contributed by atoms with van der Waals surface area (Å²) < 4.78 is 29.9. The van der Waals surface area contributed by atoms with Crippen LogP contribution in [0.25, 0.3) is 0 Å². The Morgan fingerprint density at radius 1 is 0.837 bits per heavy atom. The van der Waals surface area contributed by atoms with Crippen molar-refractivity contribution in [3.05, 3.63) is 130 Å². The molecule has 0 saturated heterocycles. The van der Waals surface area contributed by atoms with Gasteiger partial charge in [-0.05, 0) is 66.1 Å². The molecule has 0 bridgehead atoms. The lowest BCUT2D eigenvalue weighted by Gasteiger charge is -2.34. The molecule has 224 valence electrons. The van der Waals surface area contributed by atoms with Crippen LogP contribution in [0.2, 0.25) is 5.02 Å². The van der Waals surface area contributed by atoms with Gasteiger partial charge in [-0.15, -0.1) is 0 Å². The molecule has 0 radical (unpaired) electrons. The number of benzene rings is 4. The van der Waals surface area contributed by atoms with E-state index < -0.39 is 28.5 Å². The number of nitrogens with zero attached hydrogens (tertiary/aromatic N) is 2. The number of sulfonamides is 1. The van der Waals surface area contributed by atoms with E-state index in [2.05, 4.69) is 21.2 Å². The van der Waals surface area contributed by atoms with Gasteiger partial charge in [-0.3, -0.25) is 13.9 Å². The summed E-state index contributed by atoms with van der Waals surface area (Å²) >= 11 is 9.47. The monoisotopic (exact) mass is 681 g/mol. The van der Waals surface area contributed by atoms with Crippen LogP contribution in [0.4, 0.5) is 5.69 Å². The van der Waals surface area contributed by atoms with E-state index in [0.29, 0.717) is 17.3 Å². The number of carbonyl (C=O) groups excluding carboxylic acids is 2. The lowest BCUT2D eigenvalue weighted by Crippen LogP contribution is -2.53. The molecule has 0 aromatic heterocycles. The topological polar surface area (TPSA) is 86.8 Å². The minimum atomic E-state index is -4.18. The Hall–Kier alpha value is -3.66. The molecule has 10 heteroatoms. The third-order valence-electron chi connectivity index (χ3n) is 6.81. The normalized spacial score (nSPS) is 11.9. The average Bonchev–Trinajstić information content (AvgIpc) is 3.02. The summed E-state index contributed by atoms with van der Waals surface area (Å²) in [5, 5.41) is 3.34. The molecule has 0 heterocycles. The van der Waals surface area contributed by atoms with E-state index in [0.717, 1.165) is 26.3 Å². The first-order valence-electron chi connectivity index (χ1n) is 13.9. The summed E-state index contributed by atoms with van der Waals surface area (Å²) in [5.74, 6) is -0.820. The number of hydrogen-bond acceptors (Lipinski definition) is 4. The van der Waals surface area contributed by atoms with Crippen molar-refractivity contribution in [2.45, 2.75) is 37.2 Å². The second-order valence-corrected chi connectivity index (χ2v) is 13.2. The van der Waals surface area contributed by atoms with E-state index in [4.69, 9.17) is 11.6 Å². The predicted octanol–water partition coefficient (Wildman–Crippen LogP) is 6.46. The molecule has 4 rings (SSSR count). The van der Waals surface area contributed by atoms with Crippen molar-refractivity contribution in [2.24, 2.45) is 0 Å². The zero-order valence-corrected chi connectivity index (χ0v) is 26.9. The molecule has 0 aliphatic carbocycles. The van der Waals surface area contributed by atoms with E-state index in [1.54, 1.807) is 30.3 Å². The summed E-state index contributed by atoms with van der Waals surface area (Å²) in [6, 6.07) is 30.3. The summed E-state index contributed by atoms with van der Waals surface area (Å²) in [6.07, 6.45) is 0.986. The Labute approximate surface area is 266 Å². The van der Waals surface area contributed by atoms with Crippen molar-refractivity contribution >= 4 is 55.1 Å².